The average molecular weight is 1410 g/mol. The van der Waals surface area contributed by atoms with Crippen LogP contribution in [-0.4, -0.2) is 136 Å². The number of ether oxygens (including phenoxy) is 4. The van der Waals surface area contributed by atoms with Gasteiger partial charge < -0.3 is 56.2 Å². The first-order valence-corrected chi connectivity index (χ1v) is 35.3. The SMILES string of the molecule is CCc1nc2c(cnn2CC)c(NC2CCOCC2)c1CNC(=O)c1cccc(C(=O)NCc2ccc(OC)c(-c3cccc(CN4CCN[C@@H](C)C4)c3)c2)c1.CCc1nc2c(cnn2CC)c(NC2CCOCC2)c1CNC(=O)c1cccc(C(=O)NCc2ccc(OC)c(Br)c2)c1. The number of carbonyl (C=O) groups is 4. The maximum Gasteiger partial charge on any atom is 0.251 e. The largest absolute Gasteiger partial charge is 0.496 e. The Morgan fingerprint density at radius 3 is 1.48 bits per heavy atom. The van der Waals surface area contributed by atoms with E-state index in [9.17, 15) is 19.2 Å². The Kier molecular flexibility index (Phi) is 24.4. The lowest BCUT2D eigenvalue weighted by molar-refractivity contribution is 0.0903. The van der Waals surface area contributed by atoms with Gasteiger partial charge in [-0.15, -0.1) is 0 Å². The molecule has 9 aromatic rings. The van der Waals surface area contributed by atoms with E-state index in [2.05, 4.69) is 126 Å². The number of nitrogens with zero attached hydrogens (tertiary/aromatic N) is 7. The molecular formula is C76H91BrN14O8. The maximum absolute atomic E-state index is 13.6. The summed E-state index contributed by atoms with van der Waals surface area (Å²) in [6, 6.07) is 34.8. The van der Waals surface area contributed by atoms with E-state index in [-0.39, 0.29) is 48.8 Å². The first-order chi connectivity index (χ1) is 48.2. The second kappa shape index (κ2) is 34.0. The van der Waals surface area contributed by atoms with E-state index in [0.29, 0.717) is 93.7 Å². The molecule has 22 nitrogen and oxygen atoms in total. The Morgan fingerprint density at radius 2 is 1.03 bits per heavy atom. The monoisotopic (exact) mass is 1410 g/mol. The lowest BCUT2D eigenvalue weighted by Crippen LogP contribution is -2.48. The van der Waals surface area contributed by atoms with Gasteiger partial charge in [0.25, 0.3) is 23.6 Å². The molecule has 7 heterocycles. The number of hydrogen-bond acceptors (Lipinski definition) is 16. The molecule has 99 heavy (non-hydrogen) atoms. The minimum atomic E-state index is -0.267. The number of fused-ring (bicyclic) bond motifs is 2. The third-order valence-electron chi connectivity index (χ3n) is 18.5. The van der Waals surface area contributed by atoms with Gasteiger partial charge in [-0.1, -0.05) is 56.3 Å². The van der Waals surface area contributed by atoms with Gasteiger partial charge in [0.15, 0.2) is 11.3 Å². The number of amides is 4. The number of halogens is 1. The molecular weight excluding hydrogens is 1320 g/mol. The van der Waals surface area contributed by atoms with Crippen LogP contribution in [0.2, 0.25) is 0 Å². The molecule has 12 rings (SSSR count). The van der Waals surface area contributed by atoms with Crippen molar-refractivity contribution in [3.8, 4) is 22.6 Å². The molecule has 5 aromatic carbocycles. The summed E-state index contributed by atoms with van der Waals surface area (Å²) in [7, 11) is 3.28. The van der Waals surface area contributed by atoms with Crippen molar-refractivity contribution >= 4 is 73.0 Å². The Morgan fingerprint density at radius 1 is 0.566 bits per heavy atom. The van der Waals surface area contributed by atoms with Gasteiger partial charge in [0, 0.05) is 160 Å². The van der Waals surface area contributed by atoms with Crippen molar-refractivity contribution in [2.45, 2.75) is 137 Å². The summed E-state index contributed by atoms with van der Waals surface area (Å²) in [5, 5.41) is 34.2. The summed E-state index contributed by atoms with van der Waals surface area (Å²) in [5.74, 6) is 0.436. The lowest BCUT2D eigenvalue weighted by atomic mass is 9.99. The number of piperazine rings is 1. The molecule has 7 N–H and O–H groups in total. The molecule has 23 heteroatoms. The summed E-state index contributed by atoms with van der Waals surface area (Å²) < 4.78 is 26.8. The summed E-state index contributed by atoms with van der Waals surface area (Å²) in [4.78, 5) is 65.8. The predicted octanol–water partition coefficient (Wildman–Crippen LogP) is 11.2. The van der Waals surface area contributed by atoms with Crippen LogP contribution in [0.15, 0.2) is 126 Å². The quantitative estimate of drug-likeness (QED) is 0.0281. The molecule has 0 radical (unpaired) electrons. The zero-order valence-electron chi connectivity index (χ0n) is 57.7. The van der Waals surface area contributed by atoms with Crippen LogP contribution in [-0.2, 0) is 68.1 Å². The molecule has 0 bridgehead atoms. The van der Waals surface area contributed by atoms with Crippen LogP contribution >= 0.6 is 15.9 Å². The normalized spacial score (nSPS) is 15.2. The highest BCUT2D eigenvalue weighted by molar-refractivity contribution is 9.10. The molecule has 3 fully saturated rings. The number of anilines is 2. The third-order valence-corrected chi connectivity index (χ3v) is 19.1. The van der Waals surface area contributed by atoms with E-state index in [1.165, 1.54) is 5.56 Å². The van der Waals surface area contributed by atoms with Crippen LogP contribution in [0.5, 0.6) is 11.5 Å². The first kappa shape index (κ1) is 71.0. The maximum atomic E-state index is 13.6. The molecule has 0 spiro atoms. The van der Waals surface area contributed by atoms with Gasteiger partial charge in [-0.25, -0.2) is 19.3 Å². The highest BCUT2D eigenvalue weighted by Gasteiger charge is 2.26. The molecule has 1 atom stereocenters. The van der Waals surface area contributed by atoms with Crippen LogP contribution in [0.3, 0.4) is 0 Å². The number of hydrogen-bond donors (Lipinski definition) is 7. The molecule has 3 saturated heterocycles. The van der Waals surface area contributed by atoms with Gasteiger partial charge in [-0.2, -0.15) is 10.2 Å². The molecule has 4 aromatic heterocycles. The van der Waals surface area contributed by atoms with Gasteiger partial charge in [0.2, 0.25) is 0 Å². The minimum absolute atomic E-state index is 0.251. The van der Waals surface area contributed by atoms with Crippen LogP contribution in [0.1, 0.15) is 141 Å². The number of carbonyl (C=O) groups excluding carboxylic acids is 4. The fraction of sp³-hybridized carbons (Fsp3) is 0.395. The Balaban J connectivity index is 0.000000207. The van der Waals surface area contributed by atoms with Crippen molar-refractivity contribution in [3.05, 3.63) is 188 Å². The number of rotatable bonds is 25. The van der Waals surface area contributed by atoms with Gasteiger partial charge >= 0.3 is 0 Å². The standard InChI is InChI=1S/C44H54N8O4.C32H37BrN6O4/c1-5-39-37(41(49-35-15-19-56-20-16-35)38-26-48-52(6-2)42(38)50-39)25-47-44(54)34-12-8-11-33(23-34)43(53)46-24-30-13-14-40(55-4)36(22-30)32-10-7-9-31(21-32)28-51-18-17-45-29(3)27-51;1-4-27-24(29(37-23-11-13-43-14-12-23)25-19-36-39(5-2)30(25)38-27)18-35-32(41)22-8-6-7-21(16-22)31(40)34-17-20-9-10-28(42-3)26(33)15-20/h7-14,21-23,26,29,35,45H,5-6,15-20,24-25,27-28H2,1-4H3,(H,46,53)(H,47,54)(H,49,50);6-10,15-16,19,23H,4-5,11-14,17-18H2,1-3H3,(H,34,40)(H,35,41)(H,37,38)/t29-;/m0./s1. The minimum Gasteiger partial charge on any atom is -0.496 e. The Labute approximate surface area is 587 Å². The predicted molar refractivity (Wildman–Crippen MR) is 390 cm³/mol. The van der Waals surface area contributed by atoms with Crippen molar-refractivity contribution in [2.24, 2.45) is 0 Å². The molecule has 0 unspecified atom stereocenters. The fourth-order valence-corrected chi connectivity index (χ4v) is 13.7. The Hall–Kier alpha value is -9.26. The lowest BCUT2D eigenvalue weighted by Gasteiger charge is -2.31. The molecule has 520 valence electrons. The van der Waals surface area contributed by atoms with E-state index in [1.54, 1.807) is 62.8 Å². The zero-order valence-corrected chi connectivity index (χ0v) is 59.3. The fourth-order valence-electron chi connectivity index (χ4n) is 13.1. The van der Waals surface area contributed by atoms with Crippen LogP contribution in [0.4, 0.5) is 11.4 Å². The second-order valence-corrected chi connectivity index (χ2v) is 26.0. The summed E-state index contributed by atoms with van der Waals surface area (Å²) in [6.07, 6.45) is 8.74. The van der Waals surface area contributed by atoms with E-state index < -0.39 is 0 Å². The highest BCUT2D eigenvalue weighted by atomic mass is 79.9. The molecule has 4 amide bonds. The van der Waals surface area contributed by atoms with E-state index >= 15 is 0 Å². The molecule has 3 aliphatic rings. The van der Waals surface area contributed by atoms with Gasteiger partial charge in [0.1, 0.15) is 11.5 Å². The van der Waals surface area contributed by atoms with E-state index in [4.69, 9.17) is 28.9 Å². The Bertz CT molecular complexity index is 4310. The van der Waals surface area contributed by atoms with Crippen molar-refractivity contribution in [1.29, 1.82) is 0 Å². The smallest absolute Gasteiger partial charge is 0.251 e. The first-order valence-electron chi connectivity index (χ1n) is 34.5. The van der Waals surface area contributed by atoms with Gasteiger partial charge in [-0.3, -0.25) is 24.1 Å². The number of pyridine rings is 2. The number of aromatic nitrogens is 6. The summed E-state index contributed by atoms with van der Waals surface area (Å²) in [5.41, 5.74) is 14.1. The van der Waals surface area contributed by atoms with Crippen molar-refractivity contribution in [1.82, 2.24) is 61.0 Å². The number of methoxy groups -OCH3 is 2. The summed E-state index contributed by atoms with van der Waals surface area (Å²) >= 11 is 3.47. The third kappa shape index (κ3) is 17.6. The topological polar surface area (TPSA) is 254 Å². The average Bonchev–Trinajstić information content (AvgIpc) is 1.71. The highest BCUT2D eigenvalue weighted by Crippen LogP contribution is 2.35. The van der Waals surface area contributed by atoms with Crippen LogP contribution in [0, 0.1) is 0 Å². The zero-order chi connectivity index (χ0) is 69.4. The van der Waals surface area contributed by atoms with Crippen molar-refractivity contribution in [3.63, 3.8) is 0 Å². The number of aryl methyl sites for hydroxylation is 4. The second-order valence-electron chi connectivity index (χ2n) is 25.2. The molecule has 0 aliphatic carbocycles. The summed E-state index contributed by atoms with van der Waals surface area (Å²) in [6.45, 7) is 19.9. The van der Waals surface area contributed by atoms with Gasteiger partial charge in [-0.05, 0) is 164 Å². The molecule has 3 aliphatic heterocycles. The van der Waals surface area contributed by atoms with Crippen molar-refractivity contribution in [2.75, 3.05) is 70.9 Å². The number of benzene rings is 5. The number of nitrogens with one attached hydrogen (secondary N) is 7. The van der Waals surface area contributed by atoms with Gasteiger partial charge in [0.05, 0.1) is 53.2 Å². The van der Waals surface area contributed by atoms with Crippen LogP contribution < -0.4 is 46.7 Å². The van der Waals surface area contributed by atoms with Crippen molar-refractivity contribution < 1.29 is 38.1 Å². The van der Waals surface area contributed by atoms with E-state index in [1.807, 2.05) is 59.0 Å². The molecule has 0 saturated carbocycles. The van der Waals surface area contributed by atoms with E-state index in [0.717, 1.165) is 146 Å². The van der Waals surface area contributed by atoms with Crippen LogP contribution in [0.25, 0.3) is 33.2 Å².